The fourth-order valence-electron chi connectivity index (χ4n) is 1.58. The molecular formula is C14H22O3. The van der Waals surface area contributed by atoms with Gasteiger partial charge < -0.3 is 14.6 Å². The Morgan fingerprint density at radius 3 is 2.35 bits per heavy atom. The first-order chi connectivity index (χ1) is 8.11. The fraction of sp³-hybridized carbons (Fsp3) is 0.571. The molecule has 3 heteroatoms. The maximum absolute atomic E-state index is 9.83. The third-order valence-corrected chi connectivity index (χ3v) is 2.53. The molecule has 17 heavy (non-hydrogen) atoms. The average molecular weight is 238 g/mol. The number of rotatable bonds is 7. The monoisotopic (exact) mass is 238 g/mol. The van der Waals surface area contributed by atoms with Crippen LogP contribution in [0.4, 0.5) is 0 Å². The summed E-state index contributed by atoms with van der Waals surface area (Å²) in [5.41, 5.74) is 1.11. The summed E-state index contributed by atoms with van der Waals surface area (Å²) in [5.74, 6) is 0.839. The van der Waals surface area contributed by atoms with Gasteiger partial charge in [-0.3, -0.25) is 0 Å². The van der Waals surface area contributed by atoms with Crippen LogP contribution in [0.3, 0.4) is 0 Å². The van der Waals surface area contributed by atoms with Crippen LogP contribution in [0.2, 0.25) is 0 Å². The van der Waals surface area contributed by atoms with Gasteiger partial charge in [-0.1, -0.05) is 12.1 Å². The number of aliphatic hydroxyl groups is 1. The smallest absolute Gasteiger partial charge is 0.118 e. The lowest BCUT2D eigenvalue weighted by Crippen LogP contribution is -2.15. The summed E-state index contributed by atoms with van der Waals surface area (Å²) in [6.07, 6.45) is 1.21. The summed E-state index contributed by atoms with van der Waals surface area (Å²) >= 11 is 0. The second-order valence-corrected chi connectivity index (χ2v) is 4.41. The molecule has 0 bridgehead atoms. The van der Waals surface area contributed by atoms with Gasteiger partial charge in [-0.25, -0.2) is 0 Å². The molecule has 0 aliphatic carbocycles. The predicted octanol–water partition coefficient (Wildman–Crippen LogP) is 2.41. The van der Waals surface area contributed by atoms with Crippen molar-refractivity contribution in [2.45, 2.75) is 38.9 Å². The first-order valence-electron chi connectivity index (χ1n) is 6.04. The van der Waals surface area contributed by atoms with Crippen LogP contribution in [0, 0.1) is 0 Å². The Morgan fingerprint density at radius 2 is 1.82 bits per heavy atom. The zero-order valence-corrected chi connectivity index (χ0v) is 10.8. The highest BCUT2D eigenvalue weighted by Crippen LogP contribution is 2.13. The zero-order valence-electron chi connectivity index (χ0n) is 10.8. The van der Waals surface area contributed by atoms with Crippen LogP contribution < -0.4 is 4.74 Å². The number of benzene rings is 1. The third kappa shape index (κ3) is 5.71. The van der Waals surface area contributed by atoms with Gasteiger partial charge in [0.2, 0.25) is 0 Å². The van der Waals surface area contributed by atoms with E-state index in [0.717, 1.165) is 11.3 Å². The van der Waals surface area contributed by atoms with Crippen LogP contribution >= 0.6 is 0 Å². The Labute approximate surface area is 103 Å². The van der Waals surface area contributed by atoms with Crippen LogP contribution in [0.5, 0.6) is 5.75 Å². The second kappa shape index (κ2) is 7.30. The van der Waals surface area contributed by atoms with Gasteiger partial charge >= 0.3 is 0 Å². The lowest BCUT2D eigenvalue weighted by molar-refractivity contribution is 0.0470. The van der Waals surface area contributed by atoms with Gasteiger partial charge in [0.25, 0.3) is 0 Å². The van der Waals surface area contributed by atoms with Gasteiger partial charge in [-0.15, -0.1) is 0 Å². The van der Waals surface area contributed by atoms with Crippen LogP contribution in [-0.2, 0) is 11.2 Å². The highest BCUT2D eigenvalue weighted by atomic mass is 16.5. The van der Waals surface area contributed by atoms with E-state index in [1.54, 1.807) is 7.11 Å². The molecule has 0 fully saturated rings. The molecule has 0 saturated heterocycles. The van der Waals surface area contributed by atoms with Crippen LogP contribution in [0.1, 0.15) is 25.8 Å². The van der Waals surface area contributed by atoms with E-state index in [9.17, 15) is 5.11 Å². The maximum Gasteiger partial charge on any atom is 0.118 e. The van der Waals surface area contributed by atoms with Crippen molar-refractivity contribution in [1.82, 2.24) is 0 Å². The highest BCUT2D eigenvalue weighted by Gasteiger charge is 2.06. The lowest BCUT2D eigenvalue weighted by atomic mass is 10.1. The molecule has 0 spiro atoms. The summed E-state index contributed by atoms with van der Waals surface area (Å²) < 4.78 is 10.5. The quantitative estimate of drug-likeness (QED) is 0.793. The molecule has 1 atom stereocenters. The number of methoxy groups -OCH3 is 1. The van der Waals surface area contributed by atoms with Gasteiger partial charge in [-0.05, 0) is 44.4 Å². The number of hydrogen-bond donors (Lipinski definition) is 1. The third-order valence-electron chi connectivity index (χ3n) is 2.53. The van der Waals surface area contributed by atoms with Gasteiger partial charge in [0.15, 0.2) is 0 Å². The molecule has 0 aliphatic rings. The summed E-state index contributed by atoms with van der Waals surface area (Å²) in [4.78, 5) is 0. The van der Waals surface area contributed by atoms with E-state index in [0.29, 0.717) is 19.4 Å². The molecule has 0 aliphatic heterocycles. The van der Waals surface area contributed by atoms with E-state index in [-0.39, 0.29) is 12.2 Å². The number of ether oxygens (including phenoxy) is 2. The van der Waals surface area contributed by atoms with Crippen molar-refractivity contribution in [3.05, 3.63) is 29.8 Å². The first-order valence-corrected chi connectivity index (χ1v) is 6.04. The molecule has 0 saturated carbocycles. The number of hydrogen-bond acceptors (Lipinski definition) is 3. The molecule has 1 aromatic rings. The van der Waals surface area contributed by atoms with Crippen LogP contribution in [0.25, 0.3) is 0 Å². The normalized spacial score (nSPS) is 12.8. The van der Waals surface area contributed by atoms with E-state index >= 15 is 0 Å². The first kappa shape index (κ1) is 14.0. The van der Waals surface area contributed by atoms with E-state index in [1.807, 2.05) is 38.1 Å². The standard InChI is InChI=1S/C14H22O3/c1-11(2)17-9-8-13(15)10-12-4-6-14(16-3)7-5-12/h4-7,11,13,15H,8-10H2,1-3H3. The Morgan fingerprint density at radius 1 is 1.18 bits per heavy atom. The van der Waals surface area contributed by atoms with E-state index in [4.69, 9.17) is 9.47 Å². The fourth-order valence-corrected chi connectivity index (χ4v) is 1.58. The SMILES string of the molecule is COc1ccc(CC(O)CCOC(C)C)cc1. The molecule has 0 aromatic heterocycles. The zero-order chi connectivity index (χ0) is 12.7. The molecule has 1 aromatic carbocycles. The van der Waals surface area contributed by atoms with Gasteiger partial charge in [-0.2, -0.15) is 0 Å². The minimum atomic E-state index is -0.345. The Balaban J connectivity index is 2.31. The predicted molar refractivity (Wildman–Crippen MR) is 68.4 cm³/mol. The van der Waals surface area contributed by atoms with E-state index < -0.39 is 0 Å². The molecule has 1 unspecified atom stereocenters. The van der Waals surface area contributed by atoms with Crippen LogP contribution in [0.15, 0.2) is 24.3 Å². The highest BCUT2D eigenvalue weighted by molar-refractivity contribution is 5.27. The van der Waals surface area contributed by atoms with Gasteiger partial charge in [0.1, 0.15) is 5.75 Å². The Hall–Kier alpha value is -1.06. The summed E-state index contributed by atoms with van der Waals surface area (Å²) in [7, 11) is 1.65. The van der Waals surface area contributed by atoms with E-state index in [1.165, 1.54) is 0 Å². The largest absolute Gasteiger partial charge is 0.497 e. The Kier molecular flexibility index (Phi) is 6.01. The summed E-state index contributed by atoms with van der Waals surface area (Å²) in [6, 6.07) is 7.77. The van der Waals surface area contributed by atoms with Crippen molar-refractivity contribution in [1.29, 1.82) is 0 Å². The molecule has 1 rings (SSSR count). The molecular weight excluding hydrogens is 216 g/mol. The maximum atomic E-state index is 9.83. The van der Waals surface area contributed by atoms with Crippen molar-refractivity contribution in [2.24, 2.45) is 0 Å². The lowest BCUT2D eigenvalue weighted by Gasteiger charge is -2.12. The van der Waals surface area contributed by atoms with Crippen molar-refractivity contribution in [3.8, 4) is 5.75 Å². The molecule has 1 N–H and O–H groups in total. The number of aliphatic hydroxyl groups excluding tert-OH is 1. The molecule has 3 nitrogen and oxygen atoms in total. The van der Waals surface area contributed by atoms with Crippen molar-refractivity contribution in [3.63, 3.8) is 0 Å². The van der Waals surface area contributed by atoms with Crippen molar-refractivity contribution >= 4 is 0 Å². The minimum Gasteiger partial charge on any atom is -0.497 e. The average Bonchev–Trinajstić information content (AvgIpc) is 2.29. The summed E-state index contributed by atoms with van der Waals surface area (Å²) in [5, 5.41) is 9.83. The van der Waals surface area contributed by atoms with Crippen molar-refractivity contribution < 1.29 is 14.6 Å². The van der Waals surface area contributed by atoms with Crippen molar-refractivity contribution in [2.75, 3.05) is 13.7 Å². The minimum absolute atomic E-state index is 0.225. The van der Waals surface area contributed by atoms with Gasteiger partial charge in [0, 0.05) is 6.61 Å². The Bertz CT molecular complexity index is 306. The molecule has 0 heterocycles. The molecule has 0 radical (unpaired) electrons. The topological polar surface area (TPSA) is 38.7 Å². The summed E-state index contributed by atoms with van der Waals surface area (Å²) in [6.45, 7) is 4.60. The van der Waals surface area contributed by atoms with Gasteiger partial charge in [0.05, 0.1) is 19.3 Å². The molecule has 0 amide bonds. The van der Waals surface area contributed by atoms with Crippen LogP contribution in [-0.4, -0.2) is 31.0 Å². The second-order valence-electron chi connectivity index (χ2n) is 4.41. The van der Waals surface area contributed by atoms with E-state index in [2.05, 4.69) is 0 Å². The molecule has 96 valence electrons.